The molecule has 9 nitrogen and oxygen atoms in total. The van der Waals surface area contributed by atoms with Crippen molar-refractivity contribution < 1.29 is 50.2 Å². The molecule has 1 aromatic heterocycles. The number of carboxylic acid groups (broad SMARTS) is 1. The molecule has 0 aliphatic carbocycles. The Balaban J connectivity index is 0.000000616. The van der Waals surface area contributed by atoms with Crippen molar-refractivity contribution in [1.82, 2.24) is 14.9 Å². The van der Waals surface area contributed by atoms with E-state index < -0.39 is 42.2 Å². The van der Waals surface area contributed by atoms with E-state index in [-0.39, 0.29) is 24.4 Å². The molecule has 1 unspecified atom stereocenters. The third-order valence-electron chi connectivity index (χ3n) is 6.50. The summed E-state index contributed by atoms with van der Waals surface area (Å²) in [5.41, 5.74) is 1.20. The van der Waals surface area contributed by atoms with Gasteiger partial charge in [-0.15, -0.1) is 0 Å². The van der Waals surface area contributed by atoms with E-state index in [0.717, 1.165) is 17.0 Å². The van der Waals surface area contributed by atoms with E-state index in [4.69, 9.17) is 24.6 Å². The third kappa shape index (κ3) is 8.12. The number of ether oxygens (including phenoxy) is 1. The Hall–Kier alpha value is -3.85. The monoisotopic (exact) mass is 609 g/mol. The predicted molar refractivity (Wildman–Crippen MR) is 137 cm³/mol. The summed E-state index contributed by atoms with van der Waals surface area (Å²) < 4.78 is 90.7. The number of carbonyl (C=O) groups is 2. The highest BCUT2D eigenvalue weighted by atomic mass is 19.4. The number of aromatic nitrogens is 2. The molecule has 0 bridgehead atoms. The topological polar surface area (TPSA) is 108 Å². The number of rotatable bonds is 6. The van der Waals surface area contributed by atoms with Crippen LogP contribution >= 0.6 is 0 Å². The number of hydrogen-bond acceptors (Lipinski definition) is 7. The Morgan fingerprint density at radius 2 is 1.71 bits per heavy atom. The van der Waals surface area contributed by atoms with Crippen LogP contribution in [0.15, 0.2) is 18.2 Å². The second kappa shape index (κ2) is 13.4. The van der Waals surface area contributed by atoms with Gasteiger partial charge in [-0.2, -0.15) is 22.0 Å². The second-order valence-corrected chi connectivity index (χ2v) is 9.97. The van der Waals surface area contributed by atoms with Crippen LogP contribution in [0.1, 0.15) is 51.0 Å². The molecule has 0 spiro atoms. The minimum atomic E-state index is -5.08. The Morgan fingerprint density at radius 1 is 1.10 bits per heavy atom. The number of anilines is 2. The van der Waals surface area contributed by atoms with Crippen LogP contribution in [-0.2, 0) is 16.0 Å². The minimum Gasteiger partial charge on any atom is -0.487 e. The van der Waals surface area contributed by atoms with Gasteiger partial charge in [-0.1, -0.05) is 0 Å². The van der Waals surface area contributed by atoms with Crippen molar-refractivity contribution in [3.8, 4) is 5.75 Å². The van der Waals surface area contributed by atoms with Crippen molar-refractivity contribution in [2.24, 2.45) is 0 Å². The molecule has 232 valence electrons. The molecule has 0 radical (unpaired) electrons. The van der Waals surface area contributed by atoms with Crippen molar-refractivity contribution in [3.63, 3.8) is 0 Å². The third-order valence-corrected chi connectivity index (χ3v) is 6.50. The van der Waals surface area contributed by atoms with E-state index in [1.165, 1.54) is 6.07 Å². The maximum atomic E-state index is 14.0. The summed E-state index contributed by atoms with van der Waals surface area (Å²) in [6, 6.07) is 2.69. The SMILES string of the molecule is CC(C)Nc1nc2c(nc1N1CCC(Oc3ccc(F)cc3F)CC1)CCN(C(=O)C(F)F)C2C.O=C(O)C(F)(F)F. The maximum absolute atomic E-state index is 14.0. The van der Waals surface area contributed by atoms with Crippen LogP contribution in [0, 0.1) is 11.6 Å². The van der Waals surface area contributed by atoms with E-state index in [2.05, 4.69) is 10.2 Å². The fraction of sp³-hybridized carbons (Fsp3) is 0.538. The second-order valence-electron chi connectivity index (χ2n) is 9.97. The Bertz CT molecular complexity index is 1270. The summed E-state index contributed by atoms with van der Waals surface area (Å²) in [5.74, 6) is -4.13. The predicted octanol–water partition coefficient (Wildman–Crippen LogP) is 4.97. The Kier molecular flexibility index (Phi) is 10.4. The van der Waals surface area contributed by atoms with E-state index in [1.54, 1.807) is 6.92 Å². The van der Waals surface area contributed by atoms with Crippen molar-refractivity contribution in [2.75, 3.05) is 29.9 Å². The van der Waals surface area contributed by atoms with Gasteiger partial charge in [0, 0.05) is 51.0 Å². The van der Waals surface area contributed by atoms with Gasteiger partial charge in [-0.25, -0.2) is 23.5 Å². The van der Waals surface area contributed by atoms with Crippen LogP contribution < -0.4 is 15.0 Å². The van der Waals surface area contributed by atoms with Crippen LogP contribution in [-0.4, -0.2) is 76.2 Å². The normalized spacial score (nSPS) is 17.5. The van der Waals surface area contributed by atoms with E-state index in [1.807, 2.05) is 13.8 Å². The molecular weight excluding hydrogens is 579 g/mol. The number of aliphatic carboxylic acids is 1. The highest BCUT2D eigenvalue weighted by Crippen LogP contribution is 2.34. The van der Waals surface area contributed by atoms with Crippen LogP contribution in [0.3, 0.4) is 0 Å². The first kappa shape index (κ1) is 32.7. The number of hydrogen-bond donors (Lipinski definition) is 2. The van der Waals surface area contributed by atoms with Gasteiger partial charge < -0.3 is 25.0 Å². The molecule has 1 atom stereocenters. The molecule has 1 saturated heterocycles. The number of carbonyl (C=O) groups excluding carboxylic acids is 1. The standard InChI is InChI=1S/C24H29F4N5O2.C2HF3O2/c1-13(2)29-22-23(30-18-8-11-33(24(34)21(27)28)14(3)20(18)31-22)32-9-6-16(7-10-32)35-19-5-4-15(25)12-17(19)26;3-2(4,5)1(6)7/h4-5,12-14,16,21H,6-11H2,1-3H3,(H,29,31);(H,6,7). The molecule has 2 aliphatic rings. The highest BCUT2D eigenvalue weighted by molar-refractivity contribution is 5.80. The first-order valence-electron chi connectivity index (χ1n) is 13.0. The number of nitrogens with zero attached hydrogens (tertiary/aromatic N) is 4. The fourth-order valence-electron chi connectivity index (χ4n) is 4.51. The van der Waals surface area contributed by atoms with Gasteiger partial charge in [-0.05, 0) is 32.9 Å². The number of piperidine rings is 1. The van der Waals surface area contributed by atoms with Crippen LogP contribution in [0.2, 0.25) is 0 Å². The van der Waals surface area contributed by atoms with Crippen molar-refractivity contribution >= 4 is 23.5 Å². The zero-order valence-electron chi connectivity index (χ0n) is 22.9. The minimum absolute atomic E-state index is 0.0254. The lowest BCUT2D eigenvalue weighted by Gasteiger charge is -2.37. The largest absolute Gasteiger partial charge is 0.490 e. The van der Waals surface area contributed by atoms with Crippen molar-refractivity contribution in [2.45, 2.75) is 70.8 Å². The van der Waals surface area contributed by atoms with E-state index in [9.17, 15) is 35.5 Å². The van der Waals surface area contributed by atoms with Gasteiger partial charge >= 0.3 is 18.6 Å². The average Bonchev–Trinajstić information content (AvgIpc) is 2.90. The summed E-state index contributed by atoms with van der Waals surface area (Å²) in [5, 5.41) is 10.4. The number of benzene rings is 1. The zero-order valence-corrected chi connectivity index (χ0v) is 22.9. The lowest BCUT2D eigenvalue weighted by Crippen LogP contribution is -2.43. The molecule has 2 aromatic rings. The Labute approximate surface area is 236 Å². The number of fused-ring (bicyclic) bond motifs is 1. The number of amides is 1. The molecule has 16 heteroatoms. The van der Waals surface area contributed by atoms with Crippen LogP contribution in [0.5, 0.6) is 5.75 Å². The van der Waals surface area contributed by atoms with Crippen molar-refractivity contribution in [1.29, 1.82) is 0 Å². The quantitative estimate of drug-likeness (QED) is 0.443. The van der Waals surface area contributed by atoms with Gasteiger partial charge in [0.25, 0.3) is 5.91 Å². The van der Waals surface area contributed by atoms with Gasteiger partial charge in [0.2, 0.25) is 0 Å². The average molecular weight is 610 g/mol. The number of carboxylic acids is 1. The molecule has 2 aliphatic heterocycles. The summed E-state index contributed by atoms with van der Waals surface area (Å²) in [4.78, 5) is 33.6. The molecular formula is C26H30F7N5O4. The van der Waals surface area contributed by atoms with E-state index in [0.29, 0.717) is 55.4 Å². The molecule has 1 aromatic carbocycles. The lowest BCUT2D eigenvalue weighted by molar-refractivity contribution is -0.192. The molecule has 3 heterocycles. The summed E-state index contributed by atoms with van der Waals surface area (Å²) >= 11 is 0. The number of nitrogens with one attached hydrogen (secondary N) is 1. The highest BCUT2D eigenvalue weighted by Gasteiger charge is 2.38. The molecule has 42 heavy (non-hydrogen) atoms. The van der Waals surface area contributed by atoms with Crippen LogP contribution in [0.25, 0.3) is 0 Å². The smallest absolute Gasteiger partial charge is 0.487 e. The first-order chi connectivity index (χ1) is 19.6. The molecule has 1 amide bonds. The number of alkyl halides is 5. The van der Waals surface area contributed by atoms with Crippen LogP contribution in [0.4, 0.5) is 42.4 Å². The molecule has 0 saturated carbocycles. The van der Waals surface area contributed by atoms with E-state index >= 15 is 0 Å². The summed E-state index contributed by atoms with van der Waals surface area (Å²) in [6.07, 6.45) is -6.84. The molecule has 2 N–H and O–H groups in total. The fourth-order valence-corrected chi connectivity index (χ4v) is 4.51. The van der Waals surface area contributed by atoms with Gasteiger partial charge in [0.1, 0.15) is 11.9 Å². The zero-order chi connectivity index (χ0) is 31.4. The molecule has 4 rings (SSSR count). The lowest BCUT2D eigenvalue weighted by atomic mass is 10.0. The maximum Gasteiger partial charge on any atom is 0.490 e. The van der Waals surface area contributed by atoms with Crippen molar-refractivity contribution in [3.05, 3.63) is 41.2 Å². The van der Waals surface area contributed by atoms with Gasteiger partial charge in [-0.3, -0.25) is 4.79 Å². The summed E-state index contributed by atoms with van der Waals surface area (Å²) in [6.45, 7) is 6.92. The Morgan fingerprint density at radius 3 is 2.24 bits per heavy atom. The summed E-state index contributed by atoms with van der Waals surface area (Å²) in [7, 11) is 0. The number of halogens is 7. The van der Waals surface area contributed by atoms with Gasteiger partial charge in [0.05, 0.1) is 17.4 Å². The van der Waals surface area contributed by atoms with Gasteiger partial charge in [0.15, 0.2) is 23.2 Å². The molecule has 1 fully saturated rings. The first-order valence-corrected chi connectivity index (χ1v) is 13.0.